The van der Waals surface area contributed by atoms with Gasteiger partial charge < -0.3 is 10.2 Å². The Morgan fingerprint density at radius 1 is 1.31 bits per heavy atom. The Morgan fingerprint density at radius 2 is 2.06 bits per heavy atom. The van der Waals surface area contributed by atoms with Gasteiger partial charge in [0.1, 0.15) is 0 Å². The topological polar surface area (TPSA) is 32.3 Å². The second kappa shape index (κ2) is 5.17. The largest absolute Gasteiger partial charge is 0.334 e. The Kier molecular flexibility index (Phi) is 3.85. The second-order valence-corrected chi connectivity index (χ2v) is 5.26. The summed E-state index contributed by atoms with van der Waals surface area (Å²) in [5.41, 5.74) is 0.169. The molecule has 1 amide bonds. The van der Waals surface area contributed by atoms with Crippen molar-refractivity contribution in [3.05, 3.63) is 0 Å². The monoisotopic (exact) mass is 224 g/mol. The Labute approximate surface area is 98.6 Å². The second-order valence-electron chi connectivity index (χ2n) is 5.26. The van der Waals surface area contributed by atoms with Crippen LogP contribution in [0.5, 0.6) is 0 Å². The molecular weight excluding hydrogens is 200 g/mol. The van der Waals surface area contributed by atoms with E-state index in [1.165, 1.54) is 32.1 Å². The number of carbonyl (C=O) groups excluding carboxylic acids is 1. The number of nitrogens with one attached hydrogen (secondary N) is 1. The summed E-state index contributed by atoms with van der Waals surface area (Å²) in [7, 11) is 0. The van der Waals surface area contributed by atoms with Crippen molar-refractivity contribution in [1.29, 1.82) is 0 Å². The molecule has 0 radical (unpaired) electrons. The van der Waals surface area contributed by atoms with E-state index in [2.05, 4.69) is 17.1 Å². The molecule has 1 saturated heterocycles. The normalized spacial score (nSPS) is 24.7. The first kappa shape index (κ1) is 11.9. The molecule has 2 rings (SSSR count). The molecular formula is C13H24N2O. The quantitative estimate of drug-likeness (QED) is 0.777. The first-order chi connectivity index (χ1) is 7.78. The lowest BCUT2D eigenvalue weighted by Gasteiger charge is -2.50. The van der Waals surface area contributed by atoms with Gasteiger partial charge in [0.05, 0.1) is 5.54 Å². The molecule has 3 nitrogen and oxygen atoms in total. The summed E-state index contributed by atoms with van der Waals surface area (Å²) >= 11 is 0. The molecule has 1 spiro atoms. The van der Waals surface area contributed by atoms with E-state index in [4.69, 9.17) is 0 Å². The standard InChI is InChI=1S/C13H24N2O/c1-2-6-12(16)15-10-9-14-11-13(15)7-4-3-5-8-13/h14H,2-11H2,1H3. The number of piperazine rings is 1. The Bertz CT molecular complexity index is 238. The van der Waals surface area contributed by atoms with E-state index in [1.54, 1.807) is 0 Å². The van der Waals surface area contributed by atoms with Crippen molar-refractivity contribution >= 4 is 5.91 Å². The smallest absolute Gasteiger partial charge is 0.223 e. The van der Waals surface area contributed by atoms with Gasteiger partial charge in [-0.3, -0.25) is 4.79 Å². The zero-order valence-electron chi connectivity index (χ0n) is 10.4. The van der Waals surface area contributed by atoms with Crippen molar-refractivity contribution in [3.8, 4) is 0 Å². The van der Waals surface area contributed by atoms with Crippen LogP contribution in [0.4, 0.5) is 0 Å². The van der Waals surface area contributed by atoms with Crippen LogP contribution in [0, 0.1) is 0 Å². The van der Waals surface area contributed by atoms with Gasteiger partial charge in [0, 0.05) is 26.1 Å². The third-order valence-corrected chi connectivity index (χ3v) is 4.09. The van der Waals surface area contributed by atoms with Gasteiger partial charge in [-0.25, -0.2) is 0 Å². The highest BCUT2D eigenvalue weighted by molar-refractivity contribution is 5.77. The zero-order chi connectivity index (χ0) is 11.4. The van der Waals surface area contributed by atoms with Crippen molar-refractivity contribution in [2.45, 2.75) is 57.4 Å². The van der Waals surface area contributed by atoms with Crippen LogP contribution in [-0.2, 0) is 4.79 Å². The summed E-state index contributed by atoms with van der Waals surface area (Å²) in [4.78, 5) is 14.4. The van der Waals surface area contributed by atoms with E-state index >= 15 is 0 Å². The fourth-order valence-corrected chi connectivity index (χ4v) is 3.24. The average molecular weight is 224 g/mol. The highest BCUT2D eigenvalue weighted by Gasteiger charge is 2.41. The maximum atomic E-state index is 12.2. The fraction of sp³-hybridized carbons (Fsp3) is 0.923. The van der Waals surface area contributed by atoms with Crippen LogP contribution in [0.25, 0.3) is 0 Å². The molecule has 0 aromatic carbocycles. The molecule has 0 unspecified atom stereocenters. The van der Waals surface area contributed by atoms with Crippen molar-refractivity contribution in [2.24, 2.45) is 0 Å². The molecule has 92 valence electrons. The molecule has 16 heavy (non-hydrogen) atoms. The molecule has 0 aromatic heterocycles. The molecule has 1 N–H and O–H groups in total. The Hall–Kier alpha value is -0.570. The molecule has 3 heteroatoms. The van der Waals surface area contributed by atoms with Gasteiger partial charge in [-0.05, 0) is 19.3 Å². The molecule has 1 heterocycles. The lowest BCUT2D eigenvalue weighted by molar-refractivity contribution is -0.140. The van der Waals surface area contributed by atoms with Gasteiger partial charge in [-0.1, -0.05) is 26.2 Å². The van der Waals surface area contributed by atoms with Crippen molar-refractivity contribution in [2.75, 3.05) is 19.6 Å². The third-order valence-electron chi connectivity index (χ3n) is 4.09. The lowest BCUT2D eigenvalue weighted by Crippen LogP contribution is -2.63. The van der Waals surface area contributed by atoms with E-state index in [9.17, 15) is 4.79 Å². The van der Waals surface area contributed by atoms with Crippen LogP contribution in [0.1, 0.15) is 51.9 Å². The minimum absolute atomic E-state index is 0.169. The minimum Gasteiger partial charge on any atom is -0.334 e. The highest BCUT2D eigenvalue weighted by Crippen LogP contribution is 2.34. The van der Waals surface area contributed by atoms with Gasteiger partial charge in [0.25, 0.3) is 0 Å². The Balaban J connectivity index is 2.09. The van der Waals surface area contributed by atoms with Crippen molar-refractivity contribution in [3.63, 3.8) is 0 Å². The number of hydrogen-bond donors (Lipinski definition) is 1. The van der Waals surface area contributed by atoms with E-state index in [-0.39, 0.29) is 5.54 Å². The zero-order valence-corrected chi connectivity index (χ0v) is 10.4. The molecule has 1 saturated carbocycles. The summed E-state index contributed by atoms with van der Waals surface area (Å²) in [6, 6.07) is 0. The van der Waals surface area contributed by atoms with Crippen LogP contribution in [-0.4, -0.2) is 36.0 Å². The molecule has 0 aromatic rings. The maximum Gasteiger partial charge on any atom is 0.223 e. The van der Waals surface area contributed by atoms with Crippen LogP contribution < -0.4 is 5.32 Å². The van der Waals surface area contributed by atoms with Crippen LogP contribution in [0.3, 0.4) is 0 Å². The Morgan fingerprint density at radius 3 is 2.75 bits per heavy atom. The van der Waals surface area contributed by atoms with E-state index in [0.717, 1.165) is 32.5 Å². The molecule has 1 aliphatic carbocycles. The molecule has 1 aliphatic heterocycles. The van der Waals surface area contributed by atoms with Crippen molar-refractivity contribution < 1.29 is 4.79 Å². The molecule has 2 aliphatic rings. The van der Waals surface area contributed by atoms with E-state index in [1.807, 2.05) is 0 Å². The van der Waals surface area contributed by atoms with Gasteiger partial charge in [-0.15, -0.1) is 0 Å². The summed E-state index contributed by atoms with van der Waals surface area (Å²) in [6.45, 7) is 4.99. The van der Waals surface area contributed by atoms with E-state index in [0.29, 0.717) is 5.91 Å². The molecule has 0 atom stereocenters. The maximum absolute atomic E-state index is 12.2. The number of amides is 1. The number of carbonyl (C=O) groups is 1. The lowest BCUT2D eigenvalue weighted by atomic mass is 9.79. The summed E-state index contributed by atoms with van der Waals surface area (Å²) < 4.78 is 0. The number of nitrogens with zero attached hydrogens (tertiary/aromatic N) is 1. The van der Waals surface area contributed by atoms with Gasteiger partial charge in [0.15, 0.2) is 0 Å². The van der Waals surface area contributed by atoms with Crippen LogP contribution in [0.2, 0.25) is 0 Å². The van der Waals surface area contributed by atoms with Gasteiger partial charge in [0.2, 0.25) is 5.91 Å². The molecule has 0 bridgehead atoms. The fourth-order valence-electron chi connectivity index (χ4n) is 3.24. The molecule has 2 fully saturated rings. The van der Waals surface area contributed by atoms with Crippen LogP contribution >= 0.6 is 0 Å². The first-order valence-electron chi connectivity index (χ1n) is 6.80. The minimum atomic E-state index is 0.169. The highest BCUT2D eigenvalue weighted by atomic mass is 16.2. The van der Waals surface area contributed by atoms with Gasteiger partial charge in [-0.2, -0.15) is 0 Å². The summed E-state index contributed by atoms with van der Waals surface area (Å²) in [6.07, 6.45) is 8.03. The van der Waals surface area contributed by atoms with Crippen molar-refractivity contribution in [1.82, 2.24) is 10.2 Å². The number of rotatable bonds is 2. The van der Waals surface area contributed by atoms with Crippen LogP contribution in [0.15, 0.2) is 0 Å². The predicted molar refractivity (Wildman–Crippen MR) is 65.3 cm³/mol. The average Bonchev–Trinajstić information content (AvgIpc) is 2.31. The van der Waals surface area contributed by atoms with E-state index < -0.39 is 0 Å². The predicted octanol–water partition coefficient (Wildman–Crippen LogP) is 1.92. The SMILES string of the molecule is CCCC(=O)N1CCNCC12CCCCC2. The first-order valence-corrected chi connectivity index (χ1v) is 6.80. The van der Waals surface area contributed by atoms with Gasteiger partial charge >= 0.3 is 0 Å². The summed E-state index contributed by atoms with van der Waals surface area (Å²) in [5, 5.41) is 3.48. The summed E-state index contributed by atoms with van der Waals surface area (Å²) in [5.74, 6) is 0.380. The third kappa shape index (κ3) is 2.24. The number of hydrogen-bond acceptors (Lipinski definition) is 2.